The molecule has 302 valence electrons. The van der Waals surface area contributed by atoms with E-state index in [9.17, 15) is 23.8 Å². The number of thioether (sulfide) groups is 1. The number of nitrogens with one attached hydrogen (secondary N) is 2. The van der Waals surface area contributed by atoms with Crippen LogP contribution in [0, 0.1) is 21.4 Å². The van der Waals surface area contributed by atoms with Crippen molar-refractivity contribution in [2.45, 2.75) is 28.8 Å². The van der Waals surface area contributed by atoms with E-state index >= 15 is 0 Å². The highest BCUT2D eigenvalue weighted by Gasteiger charge is 2.25. The lowest BCUT2D eigenvalue weighted by molar-refractivity contribution is -0.384. The Morgan fingerprint density at radius 2 is 1.69 bits per heavy atom. The maximum Gasteiger partial charge on any atom is 0.293 e. The fourth-order valence-electron chi connectivity index (χ4n) is 7.11. The van der Waals surface area contributed by atoms with E-state index in [4.69, 9.17) is 0 Å². The van der Waals surface area contributed by atoms with Gasteiger partial charge in [0.15, 0.2) is 5.82 Å². The van der Waals surface area contributed by atoms with Crippen molar-refractivity contribution in [1.82, 2.24) is 19.8 Å². The Labute approximate surface area is 348 Å². The Bertz CT molecular complexity index is 2580. The van der Waals surface area contributed by atoms with Gasteiger partial charge in [0, 0.05) is 66.6 Å². The molecule has 5 aromatic carbocycles. The van der Waals surface area contributed by atoms with Crippen LogP contribution in [0.2, 0.25) is 0 Å². The van der Waals surface area contributed by atoms with Gasteiger partial charge >= 0.3 is 0 Å². The van der Waals surface area contributed by atoms with Crippen molar-refractivity contribution in [3.8, 4) is 17.2 Å². The second-order valence-corrected chi connectivity index (χ2v) is 17.4. The Balaban J connectivity index is 1.02. The van der Waals surface area contributed by atoms with Crippen molar-refractivity contribution in [2.75, 3.05) is 67.5 Å². The van der Waals surface area contributed by atoms with E-state index in [1.165, 1.54) is 24.0 Å². The van der Waals surface area contributed by atoms with Gasteiger partial charge in [-0.15, -0.1) is 11.8 Å². The van der Waals surface area contributed by atoms with Crippen LogP contribution in [0.25, 0.3) is 22.0 Å². The number of anilines is 3. The molecule has 1 fully saturated rings. The number of aromatic nitrogens is 2. The largest absolute Gasteiger partial charge is 0.376 e. The number of hydrogen-bond acceptors (Lipinski definition) is 12. The van der Waals surface area contributed by atoms with Crippen LogP contribution in [0.1, 0.15) is 17.5 Å². The number of nitro groups is 1. The first kappa shape index (κ1) is 41.1. The molecule has 6 aromatic rings. The first-order chi connectivity index (χ1) is 28.6. The molecule has 1 unspecified atom stereocenters. The monoisotopic (exact) mass is 827 g/mol. The molecular weight excluding hydrogens is 783 g/mol. The lowest BCUT2D eigenvalue weighted by atomic mass is 9.98. The van der Waals surface area contributed by atoms with E-state index in [1.807, 2.05) is 93.0 Å². The summed E-state index contributed by atoms with van der Waals surface area (Å²) in [6.45, 7) is 4.79. The average Bonchev–Trinajstić information content (AvgIpc) is 3.25. The van der Waals surface area contributed by atoms with Gasteiger partial charge in [0.25, 0.3) is 15.7 Å². The van der Waals surface area contributed by atoms with Gasteiger partial charge in [-0.2, -0.15) is 5.26 Å². The molecule has 7 rings (SSSR count). The number of rotatable bonds is 16. The quantitative estimate of drug-likeness (QED) is 0.0556. The van der Waals surface area contributed by atoms with E-state index in [1.54, 1.807) is 17.8 Å². The fourth-order valence-corrected chi connectivity index (χ4v) is 9.15. The van der Waals surface area contributed by atoms with Crippen molar-refractivity contribution in [2.24, 2.45) is 0 Å². The number of nitrogens with zero attached hydrogens (tertiary/aromatic N) is 7. The number of piperazine rings is 1. The van der Waals surface area contributed by atoms with E-state index < -0.39 is 14.9 Å². The third kappa shape index (κ3) is 10.3. The summed E-state index contributed by atoms with van der Waals surface area (Å²) in [5.74, 6) is 0.739. The number of nitriles is 1. The first-order valence-electron chi connectivity index (χ1n) is 19.3. The molecule has 1 atom stereocenters. The maximum atomic E-state index is 13.7. The Morgan fingerprint density at radius 1 is 0.915 bits per heavy atom. The smallest absolute Gasteiger partial charge is 0.293 e. The highest BCUT2D eigenvalue weighted by Crippen LogP contribution is 2.33. The Morgan fingerprint density at radius 3 is 2.46 bits per heavy atom. The van der Waals surface area contributed by atoms with Gasteiger partial charge in [-0.1, -0.05) is 54.6 Å². The third-order valence-electron chi connectivity index (χ3n) is 10.3. The van der Waals surface area contributed by atoms with Crippen LogP contribution in [0.4, 0.5) is 22.9 Å². The number of sulfonamides is 1. The second-order valence-electron chi connectivity index (χ2n) is 14.6. The maximum absolute atomic E-state index is 13.7. The molecular formula is C44H45N9O4S2. The fraction of sp³-hybridized carbons (Fsp3) is 0.250. The van der Waals surface area contributed by atoms with Gasteiger partial charge in [0.2, 0.25) is 0 Å². The first-order valence-corrected chi connectivity index (χ1v) is 21.7. The highest BCUT2D eigenvalue weighted by molar-refractivity contribution is 7.99. The zero-order valence-corrected chi connectivity index (χ0v) is 34.5. The van der Waals surface area contributed by atoms with Crippen molar-refractivity contribution in [3.05, 3.63) is 143 Å². The van der Waals surface area contributed by atoms with E-state index in [2.05, 4.69) is 52.9 Å². The standard InChI is InChI=1S/C44H45N9O4S2/c1-50(2)20-19-35(30-58-37-12-4-3-5-13-37)48-41-18-16-38(27-43(41)53(54)55)59(56,57)49-44-40-17-15-36(26-42(40)46-31-47-44)52-23-21-51(22-24-52)29-34-10-6-7-14-39(34)33-11-8-9-32(25-33)28-45/h3-18,25-27,31,35,48H,19-24,29-30H2,1-2H3,(H,46,47,49). The number of fused-ring (bicyclic) bond motifs is 1. The molecule has 1 aromatic heterocycles. The van der Waals surface area contributed by atoms with Crippen LogP contribution in [-0.4, -0.2) is 91.7 Å². The van der Waals surface area contributed by atoms with Gasteiger partial charge in [0.05, 0.1) is 27.0 Å². The van der Waals surface area contributed by atoms with Crippen LogP contribution in [0.3, 0.4) is 0 Å². The van der Waals surface area contributed by atoms with Crippen molar-refractivity contribution in [1.29, 1.82) is 5.26 Å². The van der Waals surface area contributed by atoms with Crippen LogP contribution >= 0.6 is 11.8 Å². The molecule has 1 aliphatic heterocycles. The molecule has 15 heteroatoms. The Kier molecular flexibility index (Phi) is 13.0. The molecule has 2 heterocycles. The average molecular weight is 828 g/mol. The van der Waals surface area contributed by atoms with Crippen LogP contribution in [0.5, 0.6) is 0 Å². The molecule has 0 saturated carbocycles. The number of benzene rings is 5. The van der Waals surface area contributed by atoms with Gasteiger partial charge in [-0.05, 0) is 98.3 Å². The minimum Gasteiger partial charge on any atom is -0.376 e. The summed E-state index contributed by atoms with van der Waals surface area (Å²) in [5.41, 5.74) is 5.42. The predicted octanol–water partition coefficient (Wildman–Crippen LogP) is 7.72. The summed E-state index contributed by atoms with van der Waals surface area (Å²) < 4.78 is 30.1. The van der Waals surface area contributed by atoms with Crippen molar-refractivity contribution >= 4 is 55.6 Å². The normalized spacial score (nSPS) is 13.9. The minimum absolute atomic E-state index is 0.0804. The molecule has 2 N–H and O–H groups in total. The molecule has 1 aliphatic rings. The number of hydrogen-bond donors (Lipinski definition) is 2. The molecule has 0 radical (unpaired) electrons. The zero-order valence-electron chi connectivity index (χ0n) is 32.9. The van der Waals surface area contributed by atoms with Crippen LogP contribution in [-0.2, 0) is 16.6 Å². The second kappa shape index (κ2) is 18.7. The molecule has 13 nitrogen and oxygen atoms in total. The van der Waals surface area contributed by atoms with Crippen LogP contribution < -0.4 is 14.9 Å². The zero-order chi connectivity index (χ0) is 41.4. The predicted molar refractivity (Wildman–Crippen MR) is 235 cm³/mol. The number of nitro benzene ring substituents is 1. The highest BCUT2D eigenvalue weighted by atomic mass is 32.2. The molecule has 59 heavy (non-hydrogen) atoms. The molecule has 0 amide bonds. The van der Waals surface area contributed by atoms with Gasteiger partial charge < -0.3 is 15.1 Å². The lowest BCUT2D eigenvalue weighted by Crippen LogP contribution is -2.46. The summed E-state index contributed by atoms with van der Waals surface area (Å²) in [7, 11) is -0.327. The summed E-state index contributed by atoms with van der Waals surface area (Å²) in [6, 6.07) is 37.6. The molecule has 0 bridgehead atoms. The van der Waals surface area contributed by atoms with Gasteiger partial charge in [-0.25, -0.2) is 18.4 Å². The summed E-state index contributed by atoms with van der Waals surface area (Å²) >= 11 is 1.65. The third-order valence-corrected chi connectivity index (χ3v) is 12.8. The van der Waals surface area contributed by atoms with E-state index in [0.29, 0.717) is 22.2 Å². The van der Waals surface area contributed by atoms with Crippen LogP contribution in [0.15, 0.2) is 131 Å². The lowest BCUT2D eigenvalue weighted by Gasteiger charge is -2.36. The summed E-state index contributed by atoms with van der Waals surface area (Å²) in [5, 5.41) is 25.5. The summed E-state index contributed by atoms with van der Waals surface area (Å²) in [4.78, 5) is 28.0. The molecule has 0 aliphatic carbocycles. The topological polar surface area (TPSA) is 161 Å². The Hall–Kier alpha value is -6.05. The molecule has 1 saturated heterocycles. The summed E-state index contributed by atoms with van der Waals surface area (Å²) in [6.07, 6.45) is 2.03. The van der Waals surface area contributed by atoms with E-state index in [-0.39, 0.29) is 28.1 Å². The van der Waals surface area contributed by atoms with E-state index in [0.717, 1.165) is 73.5 Å². The van der Waals surface area contributed by atoms with Crippen molar-refractivity contribution < 1.29 is 13.3 Å². The SMILES string of the molecule is CN(C)CCC(CSc1ccccc1)Nc1ccc(S(=O)(=O)Nc2ncnc3cc(N4CCN(Cc5ccccc5-c5cccc(C#N)c5)CC4)ccc23)cc1[N+](=O)[O-]. The van der Waals surface area contributed by atoms with Gasteiger partial charge in [0.1, 0.15) is 12.0 Å². The molecule has 0 spiro atoms. The van der Waals surface area contributed by atoms with Gasteiger partial charge in [-0.3, -0.25) is 19.7 Å². The minimum atomic E-state index is -4.27. The van der Waals surface area contributed by atoms with Crippen molar-refractivity contribution in [3.63, 3.8) is 0 Å².